The van der Waals surface area contributed by atoms with Gasteiger partial charge in [0.05, 0.1) is 19.3 Å². The van der Waals surface area contributed by atoms with E-state index in [4.69, 9.17) is 0 Å². The highest BCUT2D eigenvalue weighted by Gasteiger charge is 2.41. The first kappa shape index (κ1) is 14.7. The lowest BCUT2D eigenvalue weighted by atomic mass is 9.70. The SMILES string of the molecule is COC(=O)CCS(=O)(=O)NC1CCNC2(CCC2)C1. The molecule has 0 bridgehead atoms. The fourth-order valence-corrected chi connectivity index (χ4v) is 4.14. The van der Waals surface area contributed by atoms with Gasteiger partial charge in [0.15, 0.2) is 0 Å². The number of esters is 1. The molecule has 2 N–H and O–H groups in total. The monoisotopic (exact) mass is 290 g/mol. The molecule has 2 aliphatic rings. The molecular weight excluding hydrogens is 268 g/mol. The van der Waals surface area contributed by atoms with E-state index in [0.29, 0.717) is 0 Å². The molecule has 0 amide bonds. The van der Waals surface area contributed by atoms with Crippen molar-refractivity contribution in [3.05, 3.63) is 0 Å². The van der Waals surface area contributed by atoms with Gasteiger partial charge in [-0.1, -0.05) is 0 Å². The molecule has 1 atom stereocenters. The summed E-state index contributed by atoms with van der Waals surface area (Å²) in [5.74, 6) is -0.692. The minimum absolute atomic E-state index is 0.0100. The standard InChI is InChI=1S/C12H22N2O4S/c1-18-11(15)4-8-19(16,17)14-10-3-7-13-12(9-10)5-2-6-12/h10,13-14H,2-9H2,1H3. The van der Waals surface area contributed by atoms with E-state index in [1.807, 2.05) is 0 Å². The fourth-order valence-electron chi connectivity index (χ4n) is 2.88. The summed E-state index contributed by atoms with van der Waals surface area (Å²) >= 11 is 0. The maximum atomic E-state index is 11.9. The third kappa shape index (κ3) is 3.90. The van der Waals surface area contributed by atoms with Crippen LogP contribution in [0.5, 0.6) is 0 Å². The van der Waals surface area contributed by atoms with Crippen LogP contribution in [-0.4, -0.2) is 45.4 Å². The number of methoxy groups -OCH3 is 1. The van der Waals surface area contributed by atoms with E-state index in [1.54, 1.807) is 0 Å². The zero-order valence-electron chi connectivity index (χ0n) is 11.3. The summed E-state index contributed by atoms with van der Waals surface area (Å²) in [5, 5.41) is 3.50. The van der Waals surface area contributed by atoms with Gasteiger partial charge in [-0.15, -0.1) is 0 Å². The molecule has 1 saturated carbocycles. The van der Waals surface area contributed by atoms with Crippen LogP contribution in [0.15, 0.2) is 0 Å². The molecule has 0 aromatic carbocycles. The predicted molar refractivity (Wildman–Crippen MR) is 71.2 cm³/mol. The van der Waals surface area contributed by atoms with Gasteiger partial charge in [-0.25, -0.2) is 13.1 Å². The Bertz CT molecular complexity index is 431. The van der Waals surface area contributed by atoms with Gasteiger partial charge in [0, 0.05) is 11.6 Å². The number of carbonyl (C=O) groups excluding carboxylic acids is 1. The van der Waals surface area contributed by atoms with Crippen molar-refractivity contribution in [2.24, 2.45) is 0 Å². The Morgan fingerprint density at radius 1 is 1.47 bits per heavy atom. The first-order chi connectivity index (χ1) is 8.95. The summed E-state index contributed by atoms with van der Waals surface area (Å²) in [5.41, 5.74) is 0.161. The van der Waals surface area contributed by atoms with Crippen LogP contribution in [-0.2, 0) is 19.6 Å². The number of piperidine rings is 1. The summed E-state index contributed by atoms with van der Waals surface area (Å²) in [4.78, 5) is 11.0. The van der Waals surface area contributed by atoms with Crippen LogP contribution in [0.4, 0.5) is 0 Å². The summed E-state index contributed by atoms with van der Waals surface area (Å²) in [6.45, 7) is 0.851. The van der Waals surface area contributed by atoms with Gasteiger partial charge in [-0.2, -0.15) is 0 Å². The Morgan fingerprint density at radius 3 is 2.79 bits per heavy atom. The number of carbonyl (C=O) groups is 1. The molecule has 6 nitrogen and oxygen atoms in total. The Kier molecular flexibility index (Phi) is 4.47. The molecule has 1 heterocycles. The molecule has 2 rings (SSSR count). The molecule has 110 valence electrons. The lowest BCUT2D eigenvalue weighted by Crippen LogP contribution is -2.59. The third-order valence-electron chi connectivity index (χ3n) is 4.09. The summed E-state index contributed by atoms with van der Waals surface area (Å²) < 4.78 is 31.0. The number of hydrogen-bond donors (Lipinski definition) is 2. The van der Waals surface area contributed by atoms with Crippen molar-refractivity contribution in [3.63, 3.8) is 0 Å². The highest BCUT2D eigenvalue weighted by Crippen LogP contribution is 2.38. The van der Waals surface area contributed by atoms with E-state index in [0.717, 1.165) is 32.2 Å². The number of ether oxygens (including phenoxy) is 1. The van der Waals surface area contributed by atoms with E-state index < -0.39 is 16.0 Å². The Labute approximate surface area is 114 Å². The number of nitrogens with one attached hydrogen (secondary N) is 2. The van der Waals surface area contributed by atoms with Crippen molar-refractivity contribution in [3.8, 4) is 0 Å². The molecule has 0 aromatic heterocycles. The van der Waals surface area contributed by atoms with Crippen LogP contribution >= 0.6 is 0 Å². The van der Waals surface area contributed by atoms with Crippen LogP contribution in [0, 0.1) is 0 Å². The first-order valence-electron chi connectivity index (χ1n) is 6.77. The van der Waals surface area contributed by atoms with Crippen LogP contribution in [0.2, 0.25) is 0 Å². The molecule has 1 aliphatic heterocycles. The molecule has 1 aliphatic carbocycles. The zero-order chi connectivity index (χ0) is 13.9. The van der Waals surface area contributed by atoms with Crippen molar-refractivity contribution in [2.45, 2.75) is 50.1 Å². The van der Waals surface area contributed by atoms with E-state index in [-0.39, 0.29) is 23.8 Å². The van der Waals surface area contributed by atoms with Gasteiger partial charge in [-0.05, 0) is 38.6 Å². The molecular formula is C12H22N2O4S. The maximum Gasteiger partial charge on any atom is 0.306 e. The Morgan fingerprint density at radius 2 is 2.21 bits per heavy atom. The molecule has 1 saturated heterocycles. The van der Waals surface area contributed by atoms with Crippen LogP contribution in [0.1, 0.15) is 38.5 Å². The lowest BCUT2D eigenvalue weighted by molar-refractivity contribution is -0.140. The second-order valence-electron chi connectivity index (χ2n) is 5.51. The maximum absolute atomic E-state index is 11.9. The van der Waals surface area contributed by atoms with Crippen LogP contribution in [0.3, 0.4) is 0 Å². The van der Waals surface area contributed by atoms with Gasteiger partial charge in [0.2, 0.25) is 10.0 Å². The van der Waals surface area contributed by atoms with Gasteiger partial charge in [0.25, 0.3) is 0 Å². The fraction of sp³-hybridized carbons (Fsp3) is 0.917. The van der Waals surface area contributed by atoms with E-state index in [9.17, 15) is 13.2 Å². The van der Waals surface area contributed by atoms with E-state index >= 15 is 0 Å². The Hall–Kier alpha value is -0.660. The van der Waals surface area contributed by atoms with E-state index in [1.165, 1.54) is 13.5 Å². The highest BCUT2D eigenvalue weighted by atomic mass is 32.2. The summed E-state index contributed by atoms with van der Waals surface area (Å²) in [7, 11) is -2.14. The average molecular weight is 290 g/mol. The summed E-state index contributed by atoms with van der Waals surface area (Å²) in [6, 6.07) is -0.0100. The molecule has 7 heteroatoms. The predicted octanol–water partition coefficient (Wildman–Crippen LogP) is 0.144. The molecule has 1 spiro atoms. The second kappa shape index (κ2) is 5.76. The van der Waals surface area contributed by atoms with Gasteiger partial charge in [0.1, 0.15) is 0 Å². The van der Waals surface area contributed by atoms with Crippen molar-refractivity contribution < 1.29 is 17.9 Å². The second-order valence-corrected chi connectivity index (χ2v) is 7.39. The van der Waals surface area contributed by atoms with Crippen molar-refractivity contribution >= 4 is 16.0 Å². The number of hydrogen-bond acceptors (Lipinski definition) is 5. The minimum Gasteiger partial charge on any atom is -0.469 e. The third-order valence-corrected chi connectivity index (χ3v) is 5.52. The number of rotatable bonds is 5. The summed E-state index contributed by atoms with van der Waals surface area (Å²) in [6.07, 6.45) is 5.04. The molecule has 0 aromatic rings. The quantitative estimate of drug-likeness (QED) is 0.704. The van der Waals surface area contributed by atoms with Gasteiger partial charge in [-0.3, -0.25) is 4.79 Å². The largest absolute Gasteiger partial charge is 0.469 e. The number of sulfonamides is 1. The molecule has 19 heavy (non-hydrogen) atoms. The van der Waals surface area contributed by atoms with E-state index in [2.05, 4.69) is 14.8 Å². The molecule has 1 unspecified atom stereocenters. The first-order valence-corrected chi connectivity index (χ1v) is 8.42. The van der Waals surface area contributed by atoms with Crippen molar-refractivity contribution in [1.82, 2.24) is 10.0 Å². The van der Waals surface area contributed by atoms with Crippen LogP contribution in [0.25, 0.3) is 0 Å². The topological polar surface area (TPSA) is 84.5 Å². The smallest absolute Gasteiger partial charge is 0.306 e. The van der Waals surface area contributed by atoms with Crippen LogP contribution < -0.4 is 10.0 Å². The van der Waals surface area contributed by atoms with Crippen molar-refractivity contribution in [2.75, 3.05) is 19.4 Å². The average Bonchev–Trinajstić information content (AvgIpc) is 2.34. The highest BCUT2D eigenvalue weighted by molar-refractivity contribution is 7.89. The normalized spacial score (nSPS) is 25.8. The molecule has 0 radical (unpaired) electrons. The van der Waals surface area contributed by atoms with Crippen molar-refractivity contribution in [1.29, 1.82) is 0 Å². The lowest BCUT2D eigenvalue weighted by Gasteiger charge is -2.48. The minimum atomic E-state index is -3.40. The van der Waals surface area contributed by atoms with Gasteiger partial charge >= 0.3 is 5.97 Å². The zero-order valence-corrected chi connectivity index (χ0v) is 12.1. The Balaban J connectivity index is 1.83. The van der Waals surface area contributed by atoms with Gasteiger partial charge < -0.3 is 10.1 Å². The molecule has 2 fully saturated rings.